The first kappa shape index (κ1) is 15.8. The molecule has 1 unspecified atom stereocenters. The Bertz CT molecular complexity index is 922. The van der Waals surface area contributed by atoms with E-state index in [9.17, 15) is 4.79 Å². The molecular formula is C21H21N3O. The number of amides is 1. The predicted molar refractivity (Wildman–Crippen MR) is 98.4 cm³/mol. The Balaban J connectivity index is 1.44. The zero-order chi connectivity index (χ0) is 17.2. The van der Waals surface area contributed by atoms with Crippen molar-refractivity contribution in [3.63, 3.8) is 0 Å². The van der Waals surface area contributed by atoms with E-state index in [4.69, 9.17) is 0 Å². The number of benzene rings is 2. The third-order valence-corrected chi connectivity index (χ3v) is 4.89. The predicted octanol–water partition coefficient (Wildman–Crippen LogP) is 3.50. The van der Waals surface area contributed by atoms with Gasteiger partial charge in [0.05, 0.1) is 6.42 Å². The Morgan fingerprint density at radius 3 is 2.84 bits per heavy atom. The Hall–Kier alpha value is -2.75. The van der Waals surface area contributed by atoms with Crippen LogP contribution >= 0.6 is 0 Å². The molecule has 4 heteroatoms. The van der Waals surface area contributed by atoms with E-state index in [-0.39, 0.29) is 11.8 Å². The van der Waals surface area contributed by atoms with Gasteiger partial charge in [0.2, 0.25) is 5.91 Å². The van der Waals surface area contributed by atoms with Gasteiger partial charge in [-0.25, -0.2) is 9.97 Å². The van der Waals surface area contributed by atoms with Gasteiger partial charge in [0, 0.05) is 30.9 Å². The van der Waals surface area contributed by atoms with E-state index >= 15 is 0 Å². The summed E-state index contributed by atoms with van der Waals surface area (Å²) in [6, 6.07) is 16.4. The van der Waals surface area contributed by atoms with E-state index < -0.39 is 0 Å². The molecular weight excluding hydrogens is 310 g/mol. The van der Waals surface area contributed by atoms with Gasteiger partial charge in [-0.05, 0) is 35.7 Å². The van der Waals surface area contributed by atoms with Crippen LogP contribution in [0.2, 0.25) is 0 Å². The summed E-state index contributed by atoms with van der Waals surface area (Å²) in [7, 11) is 0. The lowest BCUT2D eigenvalue weighted by Crippen LogP contribution is -2.30. The van der Waals surface area contributed by atoms with E-state index in [2.05, 4.69) is 40.3 Å². The maximum absolute atomic E-state index is 12.7. The van der Waals surface area contributed by atoms with Gasteiger partial charge in [-0.3, -0.25) is 4.79 Å². The summed E-state index contributed by atoms with van der Waals surface area (Å²) in [6.45, 7) is 3.48. The number of nitrogens with zero attached hydrogens (tertiary/aromatic N) is 3. The Morgan fingerprint density at radius 1 is 1.16 bits per heavy atom. The van der Waals surface area contributed by atoms with E-state index in [1.54, 1.807) is 6.20 Å². The van der Waals surface area contributed by atoms with Gasteiger partial charge >= 0.3 is 0 Å². The van der Waals surface area contributed by atoms with Crippen LogP contribution in [0.25, 0.3) is 10.8 Å². The van der Waals surface area contributed by atoms with Crippen LogP contribution in [0.3, 0.4) is 0 Å². The number of carbonyl (C=O) groups is 1. The Kier molecular flexibility index (Phi) is 4.18. The molecule has 4 nitrogen and oxygen atoms in total. The minimum Gasteiger partial charge on any atom is -0.342 e. The van der Waals surface area contributed by atoms with Crippen LogP contribution in [-0.4, -0.2) is 33.9 Å². The van der Waals surface area contributed by atoms with Gasteiger partial charge in [0.1, 0.15) is 5.82 Å². The largest absolute Gasteiger partial charge is 0.342 e. The van der Waals surface area contributed by atoms with Crippen molar-refractivity contribution in [1.82, 2.24) is 14.9 Å². The number of rotatable bonds is 3. The maximum Gasteiger partial charge on any atom is 0.227 e. The molecule has 2 aromatic carbocycles. The first-order valence-electron chi connectivity index (χ1n) is 8.74. The van der Waals surface area contributed by atoms with Crippen molar-refractivity contribution in [2.75, 3.05) is 13.1 Å². The number of likely N-dealkylation sites (tertiary alicyclic amines) is 1. The average molecular weight is 331 g/mol. The highest BCUT2D eigenvalue weighted by molar-refractivity contribution is 5.85. The van der Waals surface area contributed by atoms with E-state index in [0.29, 0.717) is 6.42 Å². The lowest BCUT2D eigenvalue weighted by Gasteiger charge is -2.16. The average Bonchev–Trinajstić information content (AvgIpc) is 3.12. The normalized spacial score (nSPS) is 17.2. The van der Waals surface area contributed by atoms with Crippen molar-refractivity contribution in [3.8, 4) is 0 Å². The van der Waals surface area contributed by atoms with Crippen LogP contribution in [0.15, 0.2) is 54.7 Å². The summed E-state index contributed by atoms with van der Waals surface area (Å²) in [5.41, 5.74) is 2.05. The molecule has 1 saturated heterocycles. The fourth-order valence-electron chi connectivity index (χ4n) is 3.50. The molecule has 4 rings (SSSR count). The summed E-state index contributed by atoms with van der Waals surface area (Å²) in [6.07, 6.45) is 3.19. The highest BCUT2D eigenvalue weighted by Gasteiger charge is 2.28. The number of hydrogen-bond donors (Lipinski definition) is 0. The molecule has 0 bridgehead atoms. The molecule has 1 aliphatic rings. The number of carbonyl (C=O) groups excluding carboxylic acids is 1. The van der Waals surface area contributed by atoms with Crippen LogP contribution in [0.1, 0.15) is 29.4 Å². The van der Waals surface area contributed by atoms with E-state index in [0.717, 1.165) is 36.6 Å². The van der Waals surface area contributed by atoms with Gasteiger partial charge in [-0.1, -0.05) is 42.5 Å². The van der Waals surface area contributed by atoms with Crippen LogP contribution in [0, 0.1) is 6.92 Å². The molecule has 0 radical (unpaired) electrons. The molecule has 1 aliphatic heterocycles. The van der Waals surface area contributed by atoms with Crippen LogP contribution in [0.5, 0.6) is 0 Å². The highest BCUT2D eigenvalue weighted by atomic mass is 16.2. The Morgan fingerprint density at radius 2 is 2.00 bits per heavy atom. The van der Waals surface area contributed by atoms with Crippen molar-refractivity contribution >= 4 is 16.7 Å². The summed E-state index contributed by atoms with van der Waals surface area (Å²) < 4.78 is 0. The van der Waals surface area contributed by atoms with Gasteiger partial charge < -0.3 is 4.90 Å². The van der Waals surface area contributed by atoms with Crippen molar-refractivity contribution in [2.24, 2.45) is 0 Å². The van der Waals surface area contributed by atoms with E-state index in [1.807, 2.05) is 30.0 Å². The number of fused-ring (bicyclic) bond motifs is 1. The van der Waals surface area contributed by atoms with Crippen molar-refractivity contribution < 1.29 is 4.79 Å². The maximum atomic E-state index is 12.7. The smallest absolute Gasteiger partial charge is 0.227 e. The second-order valence-corrected chi connectivity index (χ2v) is 6.74. The third kappa shape index (κ3) is 3.38. The molecule has 1 amide bonds. The van der Waals surface area contributed by atoms with Crippen molar-refractivity contribution in [2.45, 2.75) is 25.7 Å². The zero-order valence-corrected chi connectivity index (χ0v) is 14.4. The van der Waals surface area contributed by atoms with Gasteiger partial charge in [0.15, 0.2) is 0 Å². The SMILES string of the molecule is Cc1ccnc(C2CCN(C(=O)Cc3ccc4ccccc4c3)C2)n1. The topological polar surface area (TPSA) is 46.1 Å². The fraction of sp³-hybridized carbons (Fsp3) is 0.286. The minimum atomic E-state index is 0.186. The van der Waals surface area contributed by atoms with Gasteiger partial charge in [0.25, 0.3) is 0 Å². The standard InChI is InChI=1S/C21H21N3O/c1-15-8-10-22-21(23-15)19-9-11-24(14-19)20(25)13-16-6-7-17-4-2-3-5-18(17)12-16/h2-8,10,12,19H,9,11,13-14H2,1H3. The molecule has 25 heavy (non-hydrogen) atoms. The van der Waals surface area contributed by atoms with Gasteiger partial charge in [-0.15, -0.1) is 0 Å². The second kappa shape index (κ2) is 6.63. The first-order valence-corrected chi connectivity index (χ1v) is 8.74. The summed E-state index contributed by atoms with van der Waals surface area (Å²) in [5, 5.41) is 2.39. The lowest BCUT2D eigenvalue weighted by atomic mass is 10.0. The third-order valence-electron chi connectivity index (χ3n) is 4.89. The second-order valence-electron chi connectivity index (χ2n) is 6.74. The molecule has 0 saturated carbocycles. The fourth-order valence-corrected chi connectivity index (χ4v) is 3.50. The lowest BCUT2D eigenvalue weighted by molar-refractivity contribution is -0.129. The summed E-state index contributed by atoms with van der Waals surface area (Å²) >= 11 is 0. The molecule has 1 fully saturated rings. The molecule has 0 spiro atoms. The number of aryl methyl sites for hydroxylation is 1. The molecule has 0 N–H and O–H groups in total. The molecule has 3 aromatic rings. The van der Waals surface area contributed by atoms with E-state index in [1.165, 1.54) is 10.8 Å². The zero-order valence-electron chi connectivity index (χ0n) is 14.4. The quantitative estimate of drug-likeness (QED) is 0.738. The number of aromatic nitrogens is 2. The van der Waals surface area contributed by atoms with Crippen LogP contribution in [-0.2, 0) is 11.2 Å². The first-order chi connectivity index (χ1) is 12.2. The molecule has 0 aliphatic carbocycles. The van der Waals surface area contributed by atoms with Crippen LogP contribution in [0.4, 0.5) is 0 Å². The molecule has 1 atom stereocenters. The monoisotopic (exact) mass is 331 g/mol. The van der Waals surface area contributed by atoms with Crippen LogP contribution < -0.4 is 0 Å². The summed E-state index contributed by atoms with van der Waals surface area (Å²) in [5.74, 6) is 1.30. The van der Waals surface area contributed by atoms with Gasteiger partial charge in [-0.2, -0.15) is 0 Å². The number of hydrogen-bond acceptors (Lipinski definition) is 3. The van der Waals surface area contributed by atoms with Crippen molar-refractivity contribution in [1.29, 1.82) is 0 Å². The highest BCUT2D eigenvalue weighted by Crippen LogP contribution is 2.25. The Labute approximate surface area is 147 Å². The molecule has 1 aromatic heterocycles. The summed E-state index contributed by atoms with van der Waals surface area (Å²) in [4.78, 5) is 23.5. The van der Waals surface area contributed by atoms with Crippen molar-refractivity contribution in [3.05, 3.63) is 71.8 Å². The minimum absolute atomic E-state index is 0.186. The molecule has 126 valence electrons. The molecule has 2 heterocycles.